The molecule has 1 N–H and O–H groups in total. The lowest BCUT2D eigenvalue weighted by Gasteiger charge is -2.20. The van der Waals surface area contributed by atoms with Gasteiger partial charge < -0.3 is 9.42 Å². The van der Waals surface area contributed by atoms with Gasteiger partial charge in [0.25, 0.3) is 0 Å². The van der Waals surface area contributed by atoms with Crippen LogP contribution < -0.4 is 4.72 Å². The minimum Gasteiger partial charge on any atom is -0.356 e. The van der Waals surface area contributed by atoms with Crippen LogP contribution in [0.25, 0.3) is 11.0 Å². The van der Waals surface area contributed by atoms with Crippen LogP contribution in [0.2, 0.25) is 0 Å². The molecule has 0 radical (unpaired) electrons. The number of nitrogens with zero attached hydrogens (tertiary/aromatic N) is 2. The molecule has 136 valence electrons. The van der Waals surface area contributed by atoms with E-state index in [9.17, 15) is 8.42 Å². The van der Waals surface area contributed by atoms with Gasteiger partial charge in [0.15, 0.2) is 5.58 Å². The van der Waals surface area contributed by atoms with Gasteiger partial charge in [0.05, 0.1) is 0 Å². The molecule has 0 spiro atoms. The topological polar surface area (TPSA) is 75.4 Å². The van der Waals surface area contributed by atoms with Crippen molar-refractivity contribution in [1.29, 1.82) is 0 Å². The van der Waals surface area contributed by atoms with Gasteiger partial charge in [0, 0.05) is 24.5 Å². The van der Waals surface area contributed by atoms with Crippen LogP contribution in [0.1, 0.15) is 37.8 Å². The zero-order valence-corrected chi connectivity index (χ0v) is 15.2. The van der Waals surface area contributed by atoms with Crippen molar-refractivity contribution in [3.8, 4) is 0 Å². The van der Waals surface area contributed by atoms with Crippen molar-refractivity contribution in [3.05, 3.63) is 30.0 Å². The number of nitrogens with one attached hydrogen (secondary N) is 1. The Hall–Kier alpha value is -1.44. The van der Waals surface area contributed by atoms with E-state index in [1.807, 2.05) is 18.2 Å². The first-order valence-electron chi connectivity index (χ1n) is 9.15. The number of para-hydroxylation sites is 1. The molecular formula is C18H25N3O3S. The summed E-state index contributed by atoms with van der Waals surface area (Å²) in [6.07, 6.45) is 6.23. The van der Waals surface area contributed by atoms with E-state index >= 15 is 0 Å². The van der Waals surface area contributed by atoms with Crippen LogP contribution in [0.3, 0.4) is 0 Å². The van der Waals surface area contributed by atoms with Crippen molar-refractivity contribution >= 4 is 21.0 Å². The van der Waals surface area contributed by atoms with Crippen molar-refractivity contribution < 1.29 is 12.9 Å². The normalized spacial score (nSPS) is 23.0. The van der Waals surface area contributed by atoms with Crippen LogP contribution in [-0.4, -0.2) is 44.2 Å². The molecule has 1 aliphatic carbocycles. The lowest BCUT2D eigenvalue weighted by molar-refractivity contribution is 0.276. The van der Waals surface area contributed by atoms with Crippen molar-refractivity contribution in [2.75, 3.05) is 19.6 Å². The first kappa shape index (κ1) is 17.0. The maximum Gasteiger partial charge on any atom is 0.217 e. The van der Waals surface area contributed by atoms with Crippen molar-refractivity contribution in [2.24, 2.45) is 5.92 Å². The molecule has 1 unspecified atom stereocenters. The smallest absolute Gasteiger partial charge is 0.217 e. The summed E-state index contributed by atoms with van der Waals surface area (Å²) in [6, 6.07) is 7.35. The Morgan fingerprint density at radius 1 is 1.20 bits per heavy atom. The molecule has 6 nitrogen and oxygen atoms in total. The Morgan fingerprint density at radius 2 is 2.00 bits per heavy atom. The van der Waals surface area contributed by atoms with E-state index in [1.54, 1.807) is 6.07 Å². The monoisotopic (exact) mass is 363 g/mol. The zero-order valence-electron chi connectivity index (χ0n) is 14.4. The fourth-order valence-electron chi connectivity index (χ4n) is 4.17. The van der Waals surface area contributed by atoms with Gasteiger partial charge in [0.2, 0.25) is 10.0 Å². The molecule has 1 aliphatic heterocycles. The number of hydrogen-bond donors (Lipinski definition) is 1. The summed E-state index contributed by atoms with van der Waals surface area (Å²) in [5.74, 6) is 0.667. The van der Waals surface area contributed by atoms with Gasteiger partial charge in [0.1, 0.15) is 11.4 Å². The van der Waals surface area contributed by atoms with E-state index in [1.165, 1.54) is 25.7 Å². The fraction of sp³-hybridized carbons (Fsp3) is 0.611. The summed E-state index contributed by atoms with van der Waals surface area (Å²) in [6.45, 7) is 2.91. The summed E-state index contributed by atoms with van der Waals surface area (Å²) in [4.78, 5) is 2.41. The SMILES string of the molecule is O=S(=O)(Cc1noc2ccccc12)NC1CCN(CC2CCCC2)C1. The molecule has 4 rings (SSSR count). The van der Waals surface area contributed by atoms with Crippen LogP contribution >= 0.6 is 0 Å². The van der Waals surface area contributed by atoms with Crippen LogP contribution in [-0.2, 0) is 15.8 Å². The molecule has 2 fully saturated rings. The van der Waals surface area contributed by atoms with Gasteiger partial charge in [-0.05, 0) is 43.9 Å². The van der Waals surface area contributed by atoms with Crippen molar-refractivity contribution in [1.82, 2.24) is 14.8 Å². The standard InChI is InChI=1S/C18H25N3O3S/c22-25(23,13-17-16-7-3-4-8-18(16)24-19-17)20-15-9-10-21(12-15)11-14-5-1-2-6-14/h3-4,7-8,14-15,20H,1-2,5-6,9-13H2. The van der Waals surface area contributed by atoms with E-state index in [0.29, 0.717) is 11.3 Å². The average molecular weight is 363 g/mol. The Bertz CT molecular complexity index is 827. The van der Waals surface area contributed by atoms with Crippen LogP contribution in [0.15, 0.2) is 28.8 Å². The number of hydrogen-bond acceptors (Lipinski definition) is 5. The number of aromatic nitrogens is 1. The molecule has 2 heterocycles. The lowest BCUT2D eigenvalue weighted by Crippen LogP contribution is -2.38. The Labute approximate surface area is 148 Å². The van der Waals surface area contributed by atoms with Crippen LogP contribution in [0.5, 0.6) is 0 Å². The van der Waals surface area contributed by atoms with E-state index in [2.05, 4.69) is 14.8 Å². The van der Waals surface area contributed by atoms with Crippen molar-refractivity contribution in [2.45, 2.75) is 43.9 Å². The van der Waals surface area contributed by atoms with Gasteiger partial charge >= 0.3 is 0 Å². The molecule has 1 aromatic heterocycles. The molecule has 1 atom stereocenters. The molecule has 1 aromatic carbocycles. The summed E-state index contributed by atoms with van der Waals surface area (Å²) in [5, 5.41) is 4.70. The highest BCUT2D eigenvalue weighted by Gasteiger charge is 2.29. The van der Waals surface area contributed by atoms with E-state index in [4.69, 9.17) is 4.52 Å². The van der Waals surface area contributed by atoms with Crippen LogP contribution in [0, 0.1) is 5.92 Å². The largest absolute Gasteiger partial charge is 0.356 e. The molecule has 7 heteroatoms. The second-order valence-electron chi connectivity index (χ2n) is 7.40. The fourth-order valence-corrected chi connectivity index (χ4v) is 5.52. The Balaban J connectivity index is 1.35. The number of sulfonamides is 1. The average Bonchev–Trinajstić information content (AvgIpc) is 3.30. The first-order valence-corrected chi connectivity index (χ1v) is 10.8. The Kier molecular flexibility index (Phi) is 4.80. The predicted octanol–water partition coefficient (Wildman–Crippen LogP) is 2.51. The van der Waals surface area contributed by atoms with E-state index in [-0.39, 0.29) is 11.8 Å². The van der Waals surface area contributed by atoms with Gasteiger partial charge in [-0.2, -0.15) is 0 Å². The summed E-state index contributed by atoms with van der Waals surface area (Å²) in [5.41, 5.74) is 1.10. The molecule has 25 heavy (non-hydrogen) atoms. The van der Waals surface area contributed by atoms with Gasteiger partial charge in [-0.1, -0.05) is 30.1 Å². The molecule has 1 saturated carbocycles. The predicted molar refractivity (Wildman–Crippen MR) is 96.6 cm³/mol. The highest BCUT2D eigenvalue weighted by Crippen LogP contribution is 2.27. The van der Waals surface area contributed by atoms with E-state index in [0.717, 1.165) is 37.4 Å². The molecule has 1 saturated heterocycles. The summed E-state index contributed by atoms with van der Waals surface area (Å²) >= 11 is 0. The molecule has 0 bridgehead atoms. The number of rotatable bonds is 6. The van der Waals surface area contributed by atoms with Gasteiger partial charge in [-0.3, -0.25) is 0 Å². The highest BCUT2D eigenvalue weighted by molar-refractivity contribution is 7.88. The zero-order chi connectivity index (χ0) is 17.3. The number of fused-ring (bicyclic) bond motifs is 1. The minimum atomic E-state index is -3.43. The third-order valence-electron chi connectivity index (χ3n) is 5.39. The van der Waals surface area contributed by atoms with Crippen molar-refractivity contribution in [3.63, 3.8) is 0 Å². The molecular weight excluding hydrogens is 338 g/mol. The molecule has 2 aliphatic rings. The summed E-state index contributed by atoms with van der Waals surface area (Å²) < 4.78 is 33.1. The number of likely N-dealkylation sites (tertiary alicyclic amines) is 1. The maximum atomic E-state index is 12.5. The number of benzene rings is 1. The van der Waals surface area contributed by atoms with Gasteiger partial charge in [-0.25, -0.2) is 13.1 Å². The molecule has 0 amide bonds. The quantitative estimate of drug-likeness (QED) is 0.853. The first-order chi connectivity index (χ1) is 12.1. The van der Waals surface area contributed by atoms with Crippen LogP contribution in [0.4, 0.5) is 0 Å². The third kappa shape index (κ3) is 4.04. The minimum absolute atomic E-state index is 0.00423. The summed E-state index contributed by atoms with van der Waals surface area (Å²) in [7, 11) is -3.43. The lowest BCUT2D eigenvalue weighted by atomic mass is 10.1. The second-order valence-corrected chi connectivity index (χ2v) is 9.15. The molecule has 2 aromatic rings. The Morgan fingerprint density at radius 3 is 2.84 bits per heavy atom. The van der Waals surface area contributed by atoms with Gasteiger partial charge in [-0.15, -0.1) is 0 Å². The van der Waals surface area contributed by atoms with E-state index < -0.39 is 10.0 Å². The maximum absolute atomic E-state index is 12.5. The third-order valence-corrected chi connectivity index (χ3v) is 6.73. The second kappa shape index (κ2) is 7.05. The highest BCUT2D eigenvalue weighted by atomic mass is 32.2.